The number of halogens is 1. The number of aromatic nitrogens is 1. The Hall–Kier alpha value is -1.79. The van der Waals surface area contributed by atoms with Crippen LogP contribution < -0.4 is 9.46 Å². The summed E-state index contributed by atoms with van der Waals surface area (Å²) in [6.45, 7) is 3.84. The third-order valence-corrected chi connectivity index (χ3v) is 4.35. The van der Waals surface area contributed by atoms with Crippen LogP contribution in [0, 0.1) is 0 Å². The van der Waals surface area contributed by atoms with Crippen molar-refractivity contribution >= 4 is 27.3 Å². The molecule has 0 unspecified atom stereocenters. The predicted octanol–water partition coefficient (Wildman–Crippen LogP) is 3.32. The van der Waals surface area contributed by atoms with Gasteiger partial charge in [0.15, 0.2) is 0 Å². The molecule has 0 aliphatic rings. The lowest BCUT2D eigenvalue weighted by Gasteiger charge is -2.11. The summed E-state index contributed by atoms with van der Waals surface area (Å²) < 4.78 is 32.4. The maximum atomic E-state index is 12.2. The average Bonchev–Trinajstić information content (AvgIpc) is 2.40. The molecule has 0 amide bonds. The molecule has 1 aromatic carbocycles. The molecule has 1 N–H and O–H groups in total. The zero-order valence-electron chi connectivity index (χ0n) is 11.6. The van der Waals surface area contributed by atoms with Gasteiger partial charge in [-0.1, -0.05) is 11.6 Å². The number of anilines is 1. The van der Waals surface area contributed by atoms with Gasteiger partial charge in [-0.3, -0.25) is 9.71 Å². The van der Waals surface area contributed by atoms with E-state index < -0.39 is 10.0 Å². The van der Waals surface area contributed by atoms with Gasteiger partial charge in [0.25, 0.3) is 10.0 Å². The van der Waals surface area contributed by atoms with Gasteiger partial charge in [-0.2, -0.15) is 0 Å². The molecule has 0 saturated carbocycles. The van der Waals surface area contributed by atoms with Crippen molar-refractivity contribution in [3.63, 3.8) is 0 Å². The van der Waals surface area contributed by atoms with Gasteiger partial charge < -0.3 is 4.74 Å². The smallest absolute Gasteiger partial charge is 0.264 e. The second-order valence-electron chi connectivity index (χ2n) is 4.60. The van der Waals surface area contributed by atoms with Gasteiger partial charge in [0.05, 0.1) is 11.1 Å². The molecule has 0 aliphatic carbocycles. The van der Waals surface area contributed by atoms with Crippen molar-refractivity contribution in [1.82, 2.24) is 4.98 Å². The van der Waals surface area contributed by atoms with E-state index in [0.717, 1.165) is 0 Å². The van der Waals surface area contributed by atoms with Gasteiger partial charge in [-0.15, -0.1) is 0 Å². The third kappa shape index (κ3) is 4.09. The van der Waals surface area contributed by atoms with Crippen molar-refractivity contribution in [2.75, 3.05) is 4.72 Å². The highest BCUT2D eigenvalue weighted by molar-refractivity contribution is 7.92. The molecular weight excluding hydrogens is 312 g/mol. The molecule has 1 heterocycles. The van der Waals surface area contributed by atoms with Crippen LogP contribution in [0.15, 0.2) is 47.6 Å². The summed E-state index contributed by atoms with van der Waals surface area (Å²) in [6, 6.07) is 8.07. The number of ether oxygens (including phenoxy) is 1. The fourth-order valence-corrected chi connectivity index (χ4v) is 3.14. The number of nitrogens with one attached hydrogen (secondary N) is 1. The minimum absolute atomic E-state index is 0.0572. The van der Waals surface area contributed by atoms with E-state index in [2.05, 4.69) is 9.71 Å². The van der Waals surface area contributed by atoms with E-state index in [1.807, 2.05) is 13.8 Å². The van der Waals surface area contributed by atoms with Gasteiger partial charge in [0, 0.05) is 18.1 Å². The molecule has 0 aliphatic heterocycles. The summed E-state index contributed by atoms with van der Waals surface area (Å²) in [5.74, 6) is 0.673. The largest absolute Gasteiger partial charge is 0.491 e. The standard InChI is InChI=1S/C14H15ClN2O3S/c1-10(2)20-12-5-3-11(4-6-12)17-21(18,19)14-9-16-8-7-13(14)15/h3-10,17H,1-2H3. The number of benzene rings is 1. The summed E-state index contributed by atoms with van der Waals surface area (Å²) in [6.07, 6.45) is 2.70. The molecule has 0 atom stereocenters. The highest BCUT2D eigenvalue weighted by Gasteiger charge is 2.18. The monoisotopic (exact) mass is 326 g/mol. The van der Waals surface area contributed by atoms with Crippen molar-refractivity contribution in [2.24, 2.45) is 0 Å². The second kappa shape index (κ2) is 6.32. The van der Waals surface area contributed by atoms with Crippen LogP contribution in [-0.4, -0.2) is 19.5 Å². The summed E-state index contributed by atoms with van der Waals surface area (Å²) in [4.78, 5) is 3.72. The van der Waals surface area contributed by atoms with E-state index in [-0.39, 0.29) is 16.0 Å². The van der Waals surface area contributed by atoms with Gasteiger partial charge in [0.2, 0.25) is 0 Å². The fourth-order valence-electron chi connectivity index (χ4n) is 1.64. The fraction of sp³-hybridized carbons (Fsp3) is 0.214. The molecule has 0 fully saturated rings. The molecular formula is C14H15ClN2O3S. The van der Waals surface area contributed by atoms with Crippen LogP contribution in [0.1, 0.15) is 13.8 Å². The minimum atomic E-state index is -3.77. The maximum Gasteiger partial charge on any atom is 0.264 e. The summed E-state index contributed by atoms with van der Waals surface area (Å²) in [7, 11) is -3.77. The van der Waals surface area contributed by atoms with E-state index >= 15 is 0 Å². The van der Waals surface area contributed by atoms with Crippen LogP contribution in [0.25, 0.3) is 0 Å². The van der Waals surface area contributed by atoms with E-state index in [4.69, 9.17) is 16.3 Å². The van der Waals surface area contributed by atoms with Crippen LogP contribution in [0.3, 0.4) is 0 Å². The van der Waals surface area contributed by atoms with Crippen molar-refractivity contribution < 1.29 is 13.2 Å². The van der Waals surface area contributed by atoms with Crippen LogP contribution in [0.4, 0.5) is 5.69 Å². The lowest BCUT2D eigenvalue weighted by molar-refractivity contribution is 0.242. The summed E-state index contributed by atoms with van der Waals surface area (Å²) >= 11 is 5.88. The first kappa shape index (κ1) is 15.6. The Morgan fingerprint density at radius 2 is 1.86 bits per heavy atom. The summed E-state index contributed by atoms with van der Waals surface area (Å²) in [5.41, 5.74) is 0.422. The predicted molar refractivity (Wildman–Crippen MR) is 82.3 cm³/mol. The molecule has 0 bridgehead atoms. The highest BCUT2D eigenvalue weighted by atomic mass is 35.5. The van der Waals surface area contributed by atoms with Crippen LogP contribution >= 0.6 is 11.6 Å². The normalized spacial score (nSPS) is 11.4. The molecule has 0 spiro atoms. The SMILES string of the molecule is CC(C)Oc1ccc(NS(=O)(=O)c2cnccc2Cl)cc1. The molecule has 0 saturated heterocycles. The third-order valence-electron chi connectivity index (χ3n) is 2.50. The highest BCUT2D eigenvalue weighted by Crippen LogP contribution is 2.23. The minimum Gasteiger partial charge on any atom is -0.491 e. The van der Waals surface area contributed by atoms with Gasteiger partial charge in [-0.25, -0.2) is 8.42 Å². The van der Waals surface area contributed by atoms with E-state index in [9.17, 15) is 8.42 Å². The Morgan fingerprint density at radius 3 is 2.43 bits per heavy atom. The van der Waals surface area contributed by atoms with E-state index in [1.54, 1.807) is 24.3 Å². The number of nitrogens with zero attached hydrogens (tertiary/aromatic N) is 1. The molecule has 7 heteroatoms. The zero-order valence-corrected chi connectivity index (χ0v) is 13.1. The zero-order chi connectivity index (χ0) is 15.5. The van der Waals surface area contributed by atoms with E-state index in [1.165, 1.54) is 18.5 Å². The summed E-state index contributed by atoms with van der Waals surface area (Å²) in [5, 5.41) is 0.122. The molecule has 1 aromatic heterocycles. The Labute approximate surface area is 129 Å². The Kier molecular flexibility index (Phi) is 4.69. The molecule has 0 radical (unpaired) electrons. The first-order chi connectivity index (χ1) is 9.88. The number of hydrogen-bond acceptors (Lipinski definition) is 4. The van der Waals surface area contributed by atoms with Gasteiger partial charge in [0.1, 0.15) is 10.6 Å². The molecule has 2 aromatic rings. The molecule has 5 nitrogen and oxygen atoms in total. The lowest BCUT2D eigenvalue weighted by atomic mass is 10.3. The second-order valence-corrected chi connectivity index (χ2v) is 6.66. The van der Waals surface area contributed by atoms with Crippen molar-refractivity contribution in [1.29, 1.82) is 0 Å². The maximum absolute atomic E-state index is 12.2. The Balaban J connectivity index is 2.19. The van der Waals surface area contributed by atoms with Crippen molar-refractivity contribution in [3.05, 3.63) is 47.7 Å². The van der Waals surface area contributed by atoms with E-state index in [0.29, 0.717) is 11.4 Å². The first-order valence-corrected chi connectivity index (χ1v) is 8.13. The first-order valence-electron chi connectivity index (χ1n) is 6.27. The topological polar surface area (TPSA) is 68.3 Å². The molecule has 2 rings (SSSR count). The Bertz CT molecular complexity index is 715. The van der Waals surface area contributed by atoms with Crippen molar-refractivity contribution in [3.8, 4) is 5.75 Å². The van der Waals surface area contributed by atoms with Crippen LogP contribution in [0.5, 0.6) is 5.75 Å². The van der Waals surface area contributed by atoms with Crippen LogP contribution in [-0.2, 0) is 10.0 Å². The molecule has 112 valence electrons. The van der Waals surface area contributed by atoms with Crippen molar-refractivity contribution in [2.45, 2.75) is 24.8 Å². The molecule has 21 heavy (non-hydrogen) atoms. The quantitative estimate of drug-likeness (QED) is 0.915. The number of pyridine rings is 1. The van der Waals surface area contributed by atoms with Crippen LogP contribution in [0.2, 0.25) is 5.02 Å². The average molecular weight is 327 g/mol. The lowest BCUT2D eigenvalue weighted by Crippen LogP contribution is -2.13. The van der Waals surface area contributed by atoms with Gasteiger partial charge in [-0.05, 0) is 44.2 Å². The number of hydrogen-bond donors (Lipinski definition) is 1. The number of sulfonamides is 1. The Morgan fingerprint density at radius 1 is 1.19 bits per heavy atom. The van der Waals surface area contributed by atoms with Gasteiger partial charge >= 0.3 is 0 Å². The number of rotatable bonds is 5.